The number of aryl methyl sites for hydroxylation is 1. The Morgan fingerprint density at radius 2 is 2.08 bits per heavy atom. The number of thiol groups is 1. The van der Waals surface area contributed by atoms with Gasteiger partial charge in [-0.15, -0.1) is 0 Å². The number of aromatic nitrogens is 3. The van der Waals surface area contributed by atoms with Gasteiger partial charge in [0.1, 0.15) is 0 Å². The first-order valence-corrected chi connectivity index (χ1v) is 13.5. The largest absolute Gasteiger partial charge is 0.373 e. The summed E-state index contributed by atoms with van der Waals surface area (Å²) in [5.74, 6) is 0.555. The highest BCUT2D eigenvalue weighted by atomic mass is 35.5. The molecule has 2 aliphatic heterocycles. The third-order valence-electron chi connectivity index (χ3n) is 7.15. The van der Waals surface area contributed by atoms with Crippen molar-refractivity contribution in [2.24, 2.45) is 0 Å². The Labute approximate surface area is 224 Å². The zero-order valence-corrected chi connectivity index (χ0v) is 22.8. The second kappa shape index (κ2) is 10.9. The predicted molar refractivity (Wildman–Crippen MR) is 152 cm³/mol. The summed E-state index contributed by atoms with van der Waals surface area (Å²) >= 11 is 10.9. The maximum Gasteiger partial charge on any atom is 0.227 e. The molecule has 3 aromatic rings. The molecule has 1 saturated heterocycles. The fraction of sp³-hybridized carbons (Fsp3) is 0.444. The first-order chi connectivity index (χ1) is 17.4. The van der Waals surface area contributed by atoms with Gasteiger partial charge in [-0.3, -0.25) is 4.98 Å². The number of nitrogens with zero attached hydrogens (tertiary/aromatic N) is 5. The minimum absolute atomic E-state index is 0.0399. The quantitative estimate of drug-likeness (QED) is 0.391. The molecule has 0 saturated carbocycles. The molecule has 2 aromatic heterocycles. The maximum atomic E-state index is 6.25. The predicted octanol–water partition coefficient (Wildman–Crippen LogP) is 5.04. The summed E-state index contributed by atoms with van der Waals surface area (Å²) in [5, 5.41) is 7.49. The molecule has 2 N–H and O–H groups in total. The summed E-state index contributed by atoms with van der Waals surface area (Å²) in [6.45, 7) is 5.36. The summed E-state index contributed by atoms with van der Waals surface area (Å²) in [6, 6.07) is 8.64. The zero-order chi connectivity index (χ0) is 25.2. The Bertz CT molecular complexity index is 1230. The SMILES string of the molecule is Cc1ncc(CCN2CCCC(N(C)C)C2)cc1Nc1ncc2c(n1)-c1ccc(Cl)cc1NC(S)C2. The van der Waals surface area contributed by atoms with E-state index in [4.69, 9.17) is 16.6 Å². The number of rotatable bonds is 6. The second-order valence-corrected chi connectivity index (χ2v) is 11.1. The van der Waals surface area contributed by atoms with E-state index in [9.17, 15) is 0 Å². The van der Waals surface area contributed by atoms with Crippen LogP contribution in [-0.4, -0.2) is 69.9 Å². The molecule has 0 bridgehead atoms. The first kappa shape index (κ1) is 25.3. The molecule has 2 atom stereocenters. The molecule has 7 nitrogen and oxygen atoms in total. The van der Waals surface area contributed by atoms with Gasteiger partial charge in [0.05, 0.1) is 22.4 Å². The zero-order valence-electron chi connectivity index (χ0n) is 21.1. The molecule has 0 aliphatic carbocycles. The van der Waals surface area contributed by atoms with E-state index in [0.29, 0.717) is 23.4 Å². The lowest BCUT2D eigenvalue weighted by Crippen LogP contribution is -2.45. The van der Waals surface area contributed by atoms with Gasteiger partial charge in [-0.2, -0.15) is 12.6 Å². The van der Waals surface area contributed by atoms with Crippen LogP contribution in [0.4, 0.5) is 17.3 Å². The van der Waals surface area contributed by atoms with Gasteiger partial charge < -0.3 is 20.4 Å². The number of piperidine rings is 1. The number of benzene rings is 1. The van der Waals surface area contributed by atoms with Gasteiger partial charge in [0, 0.05) is 54.2 Å². The number of nitrogens with one attached hydrogen (secondary N) is 2. The highest BCUT2D eigenvalue weighted by Gasteiger charge is 2.22. The molecule has 9 heteroatoms. The monoisotopic (exact) mass is 523 g/mol. The van der Waals surface area contributed by atoms with Crippen molar-refractivity contribution in [1.82, 2.24) is 24.8 Å². The van der Waals surface area contributed by atoms with Gasteiger partial charge in [-0.05, 0) is 82.2 Å². The van der Waals surface area contributed by atoms with Gasteiger partial charge >= 0.3 is 0 Å². The summed E-state index contributed by atoms with van der Waals surface area (Å²) in [5.41, 5.74) is 6.95. The number of anilines is 3. The smallest absolute Gasteiger partial charge is 0.227 e. The van der Waals surface area contributed by atoms with E-state index in [0.717, 1.165) is 53.4 Å². The molecule has 1 aromatic carbocycles. The maximum absolute atomic E-state index is 6.25. The van der Waals surface area contributed by atoms with Gasteiger partial charge in [0.2, 0.25) is 5.95 Å². The fourth-order valence-electron chi connectivity index (χ4n) is 5.03. The second-order valence-electron chi connectivity index (χ2n) is 10.0. The van der Waals surface area contributed by atoms with Crippen molar-refractivity contribution < 1.29 is 0 Å². The van der Waals surface area contributed by atoms with Crippen molar-refractivity contribution in [3.8, 4) is 11.3 Å². The molecule has 2 unspecified atom stereocenters. The highest BCUT2D eigenvalue weighted by molar-refractivity contribution is 7.81. The Balaban J connectivity index is 1.34. The van der Waals surface area contributed by atoms with Gasteiger partial charge in [0.25, 0.3) is 0 Å². The minimum Gasteiger partial charge on any atom is -0.373 e. The third kappa shape index (κ3) is 5.78. The number of halogens is 1. The molecule has 2 aliphatic rings. The van der Waals surface area contributed by atoms with Gasteiger partial charge in [0.15, 0.2) is 0 Å². The third-order valence-corrected chi connectivity index (χ3v) is 7.70. The number of likely N-dealkylation sites (N-methyl/N-ethyl adjacent to an activating group) is 1. The van der Waals surface area contributed by atoms with E-state index in [-0.39, 0.29) is 5.37 Å². The highest BCUT2D eigenvalue weighted by Crippen LogP contribution is 2.36. The fourth-order valence-corrected chi connectivity index (χ4v) is 5.54. The van der Waals surface area contributed by atoms with E-state index in [1.54, 1.807) is 0 Å². The van der Waals surface area contributed by atoms with Crippen LogP contribution in [0.1, 0.15) is 29.7 Å². The number of pyridine rings is 1. The van der Waals surface area contributed by atoms with Crippen LogP contribution in [0.5, 0.6) is 0 Å². The lowest BCUT2D eigenvalue weighted by molar-refractivity contribution is 0.134. The van der Waals surface area contributed by atoms with Crippen molar-refractivity contribution in [3.05, 3.63) is 58.5 Å². The van der Waals surface area contributed by atoms with Gasteiger partial charge in [-0.25, -0.2) is 9.97 Å². The average Bonchev–Trinajstić information content (AvgIpc) is 2.99. The van der Waals surface area contributed by atoms with Gasteiger partial charge in [-0.1, -0.05) is 11.6 Å². The summed E-state index contributed by atoms with van der Waals surface area (Å²) in [4.78, 5) is 19.1. The van der Waals surface area contributed by atoms with Crippen LogP contribution in [0.3, 0.4) is 0 Å². The molecule has 36 heavy (non-hydrogen) atoms. The van der Waals surface area contributed by atoms with Crippen LogP contribution in [-0.2, 0) is 12.8 Å². The van der Waals surface area contributed by atoms with Crippen molar-refractivity contribution in [3.63, 3.8) is 0 Å². The van der Waals surface area contributed by atoms with E-state index >= 15 is 0 Å². The summed E-state index contributed by atoms with van der Waals surface area (Å²) in [7, 11) is 4.36. The number of hydrogen-bond donors (Lipinski definition) is 3. The van der Waals surface area contributed by atoms with Crippen LogP contribution in [0.2, 0.25) is 5.02 Å². The standard InChI is InChI=1S/C27H34ClN7S/c1-17-23(11-18(14-29-17)8-10-35-9-4-5-21(16-35)34(2)3)32-27-30-15-19-12-25(36)31-24-13-20(28)6-7-22(24)26(19)33-27/h6-7,11,13-15,21,25,31,36H,4-5,8-10,12,16H2,1-3H3,(H,30,32,33). The van der Waals surface area contributed by atoms with Crippen LogP contribution in [0.15, 0.2) is 36.7 Å². The first-order valence-electron chi connectivity index (χ1n) is 12.6. The van der Waals surface area contributed by atoms with Crippen LogP contribution < -0.4 is 10.6 Å². The Kier molecular flexibility index (Phi) is 7.67. The van der Waals surface area contributed by atoms with E-state index in [1.165, 1.54) is 24.9 Å². The number of likely N-dealkylation sites (tertiary alicyclic amines) is 1. The molecule has 0 radical (unpaired) electrons. The van der Waals surface area contributed by atoms with Crippen molar-refractivity contribution in [2.75, 3.05) is 44.4 Å². The molecular weight excluding hydrogens is 490 g/mol. The Morgan fingerprint density at radius 3 is 2.92 bits per heavy atom. The average molecular weight is 524 g/mol. The molecule has 1 fully saturated rings. The van der Waals surface area contributed by atoms with E-state index < -0.39 is 0 Å². The Morgan fingerprint density at radius 1 is 1.22 bits per heavy atom. The topological polar surface area (TPSA) is 69.2 Å². The van der Waals surface area contributed by atoms with Crippen LogP contribution in [0, 0.1) is 6.92 Å². The lowest BCUT2D eigenvalue weighted by atomic mass is 10.0. The normalized spacial score (nSPS) is 19.8. The molecule has 0 spiro atoms. The lowest BCUT2D eigenvalue weighted by Gasteiger charge is -2.36. The summed E-state index contributed by atoms with van der Waals surface area (Å²) < 4.78 is 0. The molecule has 4 heterocycles. The van der Waals surface area contributed by atoms with E-state index in [1.807, 2.05) is 37.5 Å². The van der Waals surface area contributed by atoms with Crippen molar-refractivity contribution in [2.45, 2.75) is 44.0 Å². The van der Waals surface area contributed by atoms with Crippen LogP contribution in [0.25, 0.3) is 11.3 Å². The molecule has 0 amide bonds. The molecule has 190 valence electrons. The molecular formula is C27H34ClN7S. The molecule has 5 rings (SSSR count). The Hall–Kier alpha value is -2.39. The van der Waals surface area contributed by atoms with Crippen molar-refractivity contribution >= 4 is 41.6 Å². The van der Waals surface area contributed by atoms with Crippen molar-refractivity contribution in [1.29, 1.82) is 0 Å². The van der Waals surface area contributed by atoms with Crippen LogP contribution >= 0.6 is 24.2 Å². The summed E-state index contributed by atoms with van der Waals surface area (Å²) in [6.07, 6.45) is 8.11. The number of hydrogen-bond acceptors (Lipinski definition) is 8. The van der Waals surface area contributed by atoms with E-state index in [2.05, 4.69) is 63.2 Å². The minimum atomic E-state index is -0.0399. The number of fused-ring (bicyclic) bond motifs is 3.